The Kier molecular flexibility index (Phi) is 9.40. The largest absolute Gasteiger partial charge is 0.419 e. The number of piperidine rings is 1. The predicted octanol–water partition coefficient (Wildman–Crippen LogP) is 5.74. The van der Waals surface area contributed by atoms with Crippen LogP contribution in [0.1, 0.15) is 36.0 Å². The molecule has 13 heteroatoms. The van der Waals surface area contributed by atoms with Crippen LogP contribution in [0.15, 0.2) is 54.7 Å². The third kappa shape index (κ3) is 7.13. The second-order valence-corrected chi connectivity index (χ2v) is 11.3. The summed E-state index contributed by atoms with van der Waals surface area (Å²) in [6, 6.07) is 12.8. The van der Waals surface area contributed by atoms with Crippen LogP contribution in [0.5, 0.6) is 0 Å². The first-order chi connectivity index (χ1) is 21.0. The molecule has 2 fully saturated rings. The maximum Gasteiger partial charge on any atom is 0.419 e. The number of nitrogens with zero attached hydrogens (tertiary/aromatic N) is 3. The Bertz CT molecular complexity index is 1560. The Balaban J connectivity index is 1.17. The van der Waals surface area contributed by atoms with Crippen LogP contribution < -0.4 is 20.9 Å². The third-order valence-electron chi connectivity index (χ3n) is 7.94. The van der Waals surface area contributed by atoms with Crippen molar-refractivity contribution in [1.82, 2.24) is 20.5 Å². The van der Waals surface area contributed by atoms with Crippen LogP contribution in [0.25, 0.3) is 11.1 Å². The Hall–Kier alpha value is -4.16. The molecular weight excluding hydrogens is 595 g/mol. The van der Waals surface area contributed by atoms with Gasteiger partial charge in [0.1, 0.15) is 11.7 Å². The van der Waals surface area contributed by atoms with Gasteiger partial charge in [0, 0.05) is 67.7 Å². The number of nitrogens with one attached hydrogen (secondary N) is 4. The molecule has 2 aliphatic rings. The number of hydrogen-bond acceptors (Lipinski definition) is 7. The normalized spacial score (nSPS) is 16.2. The van der Waals surface area contributed by atoms with Crippen molar-refractivity contribution >= 4 is 40.9 Å². The predicted molar refractivity (Wildman–Crippen MR) is 164 cm³/mol. The number of rotatable bonds is 8. The van der Waals surface area contributed by atoms with Crippen molar-refractivity contribution in [3.05, 3.63) is 76.4 Å². The summed E-state index contributed by atoms with van der Waals surface area (Å²) in [6.07, 6.45) is -1.49. The van der Waals surface area contributed by atoms with Gasteiger partial charge in [0.15, 0.2) is 0 Å². The van der Waals surface area contributed by atoms with Gasteiger partial charge in [-0.05, 0) is 66.8 Å². The van der Waals surface area contributed by atoms with E-state index in [9.17, 15) is 22.8 Å². The molecule has 2 aliphatic heterocycles. The summed E-state index contributed by atoms with van der Waals surface area (Å²) in [5, 5.41) is 17.7. The van der Waals surface area contributed by atoms with Crippen LogP contribution in [0, 0.1) is 11.3 Å². The van der Waals surface area contributed by atoms with Crippen LogP contribution >= 0.6 is 11.6 Å². The average Bonchev–Trinajstić information content (AvgIpc) is 3.00. The summed E-state index contributed by atoms with van der Waals surface area (Å²) in [5.41, 5.74) is 2.39. The number of anilines is 2. The molecule has 1 aromatic heterocycles. The van der Waals surface area contributed by atoms with E-state index in [0.29, 0.717) is 59.5 Å². The second kappa shape index (κ2) is 13.2. The number of alkyl halides is 3. The zero-order chi connectivity index (χ0) is 31.4. The highest BCUT2D eigenvalue weighted by molar-refractivity contribution is 6.30. The number of benzene rings is 2. The number of carbonyl (C=O) groups excluding carboxylic acids is 2. The first-order valence-corrected chi connectivity index (χ1v) is 14.7. The van der Waals surface area contributed by atoms with Gasteiger partial charge in [0.25, 0.3) is 0 Å². The topological polar surface area (TPSA) is 113 Å². The van der Waals surface area contributed by atoms with E-state index in [1.807, 2.05) is 12.1 Å². The van der Waals surface area contributed by atoms with E-state index in [0.717, 1.165) is 24.5 Å². The van der Waals surface area contributed by atoms with Crippen molar-refractivity contribution in [1.29, 1.82) is 5.41 Å². The number of pyridine rings is 1. The summed E-state index contributed by atoms with van der Waals surface area (Å²) in [5.74, 6) is -0.101. The van der Waals surface area contributed by atoms with Gasteiger partial charge in [-0.3, -0.25) is 20.4 Å². The van der Waals surface area contributed by atoms with Crippen molar-refractivity contribution in [2.24, 2.45) is 5.92 Å². The maximum absolute atomic E-state index is 14.1. The Morgan fingerprint density at radius 3 is 2.55 bits per heavy atom. The maximum atomic E-state index is 14.1. The number of hydrogen-bond donors (Lipinski definition) is 4. The number of carbonyl (C=O) groups is 2. The van der Waals surface area contributed by atoms with Gasteiger partial charge in [-0.2, -0.15) is 13.2 Å². The number of urea groups is 1. The Labute approximate surface area is 258 Å². The number of amides is 3. The lowest BCUT2D eigenvalue weighted by Gasteiger charge is -2.34. The standard InChI is InChI=1S/C31H33ClF3N7O2/c1-37-26-13-20(5-6-24(26)28(36)42-12-9-27(43)40-30(42)44)17-38-16-19-7-10-41(11-8-19)29-25(31(33,34)35)15-22(18-39-29)21-3-2-4-23(32)14-21/h2-6,13-15,18-19,36-38H,7-12,16-17H2,1H3,(H,40,43,44). The minimum atomic E-state index is -4.55. The number of amidine groups is 1. The van der Waals surface area contributed by atoms with Gasteiger partial charge in [0.05, 0.1) is 5.56 Å². The van der Waals surface area contributed by atoms with Gasteiger partial charge < -0.3 is 15.5 Å². The van der Waals surface area contributed by atoms with Gasteiger partial charge in [-0.15, -0.1) is 0 Å². The van der Waals surface area contributed by atoms with Crippen LogP contribution in [-0.2, 0) is 17.5 Å². The Morgan fingerprint density at radius 1 is 1.09 bits per heavy atom. The molecule has 5 rings (SSSR count). The number of halogens is 4. The summed E-state index contributed by atoms with van der Waals surface area (Å²) >= 11 is 6.04. The quantitative estimate of drug-likeness (QED) is 0.187. The molecule has 0 atom stereocenters. The van der Waals surface area contributed by atoms with Crippen molar-refractivity contribution in [3.63, 3.8) is 0 Å². The van der Waals surface area contributed by atoms with E-state index in [1.54, 1.807) is 42.3 Å². The fraction of sp³-hybridized carbons (Fsp3) is 0.355. The molecule has 0 unspecified atom stereocenters. The van der Waals surface area contributed by atoms with E-state index >= 15 is 0 Å². The molecule has 3 aromatic rings. The lowest BCUT2D eigenvalue weighted by atomic mass is 9.96. The molecule has 0 spiro atoms. The van der Waals surface area contributed by atoms with E-state index in [-0.39, 0.29) is 30.5 Å². The smallest absolute Gasteiger partial charge is 0.388 e. The van der Waals surface area contributed by atoms with Crippen LogP contribution in [-0.4, -0.2) is 60.9 Å². The van der Waals surface area contributed by atoms with E-state index in [2.05, 4.69) is 20.9 Å². The zero-order valence-corrected chi connectivity index (χ0v) is 24.9. The van der Waals surface area contributed by atoms with E-state index in [4.69, 9.17) is 17.0 Å². The van der Waals surface area contributed by atoms with Gasteiger partial charge in [0.2, 0.25) is 5.91 Å². The lowest BCUT2D eigenvalue weighted by molar-refractivity contribution is -0.137. The fourth-order valence-electron chi connectivity index (χ4n) is 5.55. The number of aromatic nitrogens is 1. The van der Waals surface area contributed by atoms with Crippen molar-refractivity contribution in [3.8, 4) is 11.1 Å². The SMILES string of the molecule is CNc1cc(CNCC2CCN(c3ncc(-c4cccc(Cl)c4)cc3C(F)(F)F)CC2)ccc1C(=N)N1CCC(=O)NC1=O. The van der Waals surface area contributed by atoms with Crippen molar-refractivity contribution in [2.45, 2.75) is 32.0 Å². The fourth-order valence-corrected chi connectivity index (χ4v) is 5.74. The molecule has 44 heavy (non-hydrogen) atoms. The summed E-state index contributed by atoms with van der Waals surface area (Å²) in [7, 11) is 1.74. The van der Waals surface area contributed by atoms with Gasteiger partial charge >= 0.3 is 12.2 Å². The molecule has 2 aromatic carbocycles. The van der Waals surface area contributed by atoms with E-state index in [1.165, 1.54) is 11.1 Å². The molecule has 232 valence electrons. The lowest BCUT2D eigenvalue weighted by Crippen LogP contribution is -2.52. The molecule has 0 aliphatic carbocycles. The van der Waals surface area contributed by atoms with Crippen molar-refractivity contribution < 1.29 is 22.8 Å². The molecule has 0 saturated carbocycles. The summed E-state index contributed by atoms with van der Waals surface area (Å²) in [6.45, 7) is 2.35. The monoisotopic (exact) mass is 627 g/mol. The zero-order valence-electron chi connectivity index (χ0n) is 24.1. The van der Waals surface area contributed by atoms with Gasteiger partial charge in [-0.1, -0.05) is 29.8 Å². The molecule has 2 saturated heterocycles. The highest BCUT2D eigenvalue weighted by atomic mass is 35.5. The molecule has 0 bridgehead atoms. The minimum Gasteiger partial charge on any atom is -0.388 e. The number of imide groups is 1. The van der Waals surface area contributed by atoms with Gasteiger partial charge in [-0.25, -0.2) is 9.78 Å². The first-order valence-electron chi connectivity index (χ1n) is 14.3. The average molecular weight is 628 g/mol. The molecule has 3 amide bonds. The highest BCUT2D eigenvalue weighted by Gasteiger charge is 2.37. The Morgan fingerprint density at radius 2 is 1.86 bits per heavy atom. The molecular formula is C31H33ClF3N7O2. The third-order valence-corrected chi connectivity index (χ3v) is 8.17. The second-order valence-electron chi connectivity index (χ2n) is 10.9. The summed E-state index contributed by atoms with van der Waals surface area (Å²) in [4.78, 5) is 30.9. The van der Waals surface area contributed by atoms with Crippen LogP contribution in [0.2, 0.25) is 5.02 Å². The summed E-state index contributed by atoms with van der Waals surface area (Å²) < 4.78 is 42.2. The molecule has 9 nitrogen and oxygen atoms in total. The molecule has 4 N–H and O–H groups in total. The molecule has 0 radical (unpaired) electrons. The van der Waals surface area contributed by atoms with Crippen LogP contribution in [0.4, 0.5) is 29.5 Å². The van der Waals surface area contributed by atoms with E-state index < -0.39 is 17.8 Å². The molecule has 3 heterocycles. The highest BCUT2D eigenvalue weighted by Crippen LogP contribution is 2.39. The van der Waals surface area contributed by atoms with Crippen LogP contribution in [0.3, 0.4) is 0 Å². The first kappa shape index (κ1) is 31.3. The minimum absolute atomic E-state index is 0.00731. The van der Waals surface area contributed by atoms with Crippen molar-refractivity contribution in [2.75, 3.05) is 43.4 Å².